The Labute approximate surface area is 135 Å². The third kappa shape index (κ3) is 4.65. The Morgan fingerprint density at radius 2 is 1.95 bits per heavy atom. The summed E-state index contributed by atoms with van der Waals surface area (Å²) in [7, 11) is -0.324. The fourth-order valence-corrected chi connectivity index (χ4v) is 3.69. The van der Waals surface area contributed by atoms with E-state index in [1.165, 1.54) is 18.5 Å². The monoisotopic (exact) mass is 346 g/mol. The predicted molar refractivity (Wildman–Crippen MR) is 86.2 cm³/mol. The van der Waals surface area contributed by atoms with Gasteiger partial charge in [0, 0.05) is 26.5 Å². The summed E-state index contributed by atoms with van der Waals surface area (Å²) in [5, 5.41) is -0.0344. The Bertz CT molecular complexity index is 594. The molecule has 22 heavy (non-hydrogen) atoms. The number of halogens is 1. The number of allylic oxidation sites excluding steroid dienone is 1. The van der Waals surface area contributed by atoms with E-state index in [0.717, 1.165) is 0 Å². The van der Waals surface area contributed by atoms with Crippen molar-refractivity contribution in [1.82, 2.24) is 9.88 Å². The lowest BCUT2D eigenvalue weighted by Gasteiger charge is -2.21. The normalized spacial score (nSPS) is 12.3. The fourth-order valence-electron chi connectivity index (χ4n) is 1.71. The lowest BCUT2D eigenvalue weighted by Crippen LogP contribution is -2.14. The SMILES string of the molecule is CCOP(=O)(OCC)/C(=C\N(C)C)C(=O)c1cccnc1Cl. The Kier molecular flexibility index (Phi) is 7.23. The largest absolute Gasteiger partial charge is 0.383 e. The molecule has 6 nitrogen and oxygen atoms in total. The van der Waals surface area contributed by atoms with Crippen molar-refractivity contribution in [2.24, 2.45) is 0 Å². The number of carbonyl (C=O) groups is 1. The van der Waals surface area contributed by atoms with Crippen molar-refractivity contribution >= 4 is 25.0 Å². The van der Waals surface area contributed by atoms with Gasteiger partial charge in [-0.15, -0.1) is 0 Å². The minimum atomic E-state index is -3.74. The van der Waals surface area contributed by atoms with Gasteiger partial charge in [-0.25, -0.2) is 4.98 Å². The van der Waals surface area contributed by atoms with E-state index in [0.29, 0.717) is 0 Å². The molecule has 1 heterocycles. The summed E-state index contributed by atoms with van der Waals surface area (Å²) in [6, 6.07) is 3.10. The molecule has 0 atom stereocenters. The van der Waals surface area contributed by atoms with Crippen LogP contribution in [0.4, 0.5) is 0 Å². The first-order valence-electron chi connectivity index (χ1n) is 6.78. The van der Waals surface area contributed by atoms with Crippen LogP contribution in [0.25, 0.3) is 0 Å². The molecule has 1 aromatic heterocycles. The van der Waals surface area contributed by atoms with Gasteiger partial charge in [0.15, 0.2) is 0 Å². The molecule has 0 aliphatic carbocycles. The molecule has 0 aromatic carbocycles. The van der Waals surface area contributed by atoms with Crippen molar-refractivity contribution in [2.45, 2.75) is 13.8 Å². The number of nitrogens with zero attached hydrogens (tertiary/aromatic N) is 2. The highest BCUT2D eigenvalue weighted by Crippen LogP contribution is 2.57. The Morgan fingerprint density at radius 1 is 1.36 bits per heavy atom. The van der Waals surface area contributed by atoms with Crippen molar-refractivity contribution in [2.75, 3.05) is 27.3 Å². The molecular weight excluding hydrogens is 327 g/mol. The van der Waals surface area contributed by atoms with Crippen LogP contribution in [0, 0.1) is 0 Å². The number of ketones is 1. The summed E-state index contributed by atoms with van der Waals surface area (Å²) in [6.45, 7) is 3.66. The van der Waals surface area contributed by atoms with Crippen molar-refractivity contribution in [1.29, 1.82) is 0 Å². The quantitative estimate of drug-likeness (QED) is 0.310. The molecule has 122 valence electrons. The minimum absolute atomic E-state index is 0.0386. The van der Waals surface area contributed by atoms with Crippen LogP contribution in [0.5, 0.6) is 0 Å². The zero-order chi connectivity index (χ0) is 16.8. The molecule has 1 aromatic rings. The average Bonchev–Trinajstić information content (AvgIpc) is 2.45. The molecule has 0 aliphatic rings. The topological polar surface area (TPSA) is 68.7 Å². The molecular formula is C14H20ClN2O4P. The fraction of sp³-hybridized carbons (Fsp3) is 0.429. The van der Waals surface area contributed by atoms with Crippen LogP contribution in [0.2, 0.25) is 5.15 Å². The number of carbonyl (C=O) groups excluding carboxylic acids is 1. The number of aromatic nitrogens is 1. The predicted octanol–water partition coefficient (Wildman–Crippen LogP) is 3.59. The van der Waals surface area contributed by atoms with Gasteiger partial charge in [-0.05, 0) is 26.0 Å². The van der Waals surface area contributed by atoms with Crippen LogP contribution >= 0.6 is 19.2 Å². The molecule has 0 amide bonds. The second kappa shape index (κ2) is 8.44. The Hall–Kier alpha value is -1.20. The molecule has 8 heteroatoms. The van der Waals surface area contributed by atoms with Gasteiger partial charge in [-0.2, -0.15) is 0 Å². The summed E-state index contributed by atoms with van der Waals surface area (Å²) < 4.78 is 23.5. The maximum absolute atomic E-state index is 13.0. The first-order valence-corrected chi connectivity index (χ1v) is 8.71. The van der Waals surface area contributed by atoms with E-state index in [4.69, 9.17) is 20.6 Å². The minimum Gasteiger partial charge on any atom is -0.383 e. The highest BCUT2D eigenvalue weighted by Gasteiger charge is 2.36. The van der Waals surface area contributed by atoms with E-state index in [9.17, 15) is 9.36 Å². The van der Waals surface area contributed by atoms with E-state index in [1.54, 1.807) is 38.9 Å². The molecule has 0 fully saturated rings. The summed E-state index contributed by atoms with van der Waals surface area (Å²) in [4.78, 5) is 18.2. The zero-order valence-corrected chi connectivity index (χ0v) is 14.7. The van der Waals surface area contributed by atoms with Crippen LogP contribution < -0.4 is 0 Å². The lowest BCUT2D eigenvalue weighted by atomic mass is 10.2. The molecule has 0 spiro atoms. The third-order valence-electron chi connectivity index (χ3n) is 2.51. The highest BCUT2D eigenvalue weighted by molar-refractivity contribution is 7.60. The number of Topliss-reactive ketones (excluding diaryl/α,β-unsaturated/α-hetero) is 1. The summed E-state index contributed by atoms with van der Waals surface area (Å²) in [5.74, 6) is -0.531. The van der Waals surface area contributed by atoms with Crippen LogP contribution in [0.1, 0.15) is 24.2 Å². The molecule has 0 saturated carbocycles. The molecule has 0 radical (unpaired) electrons. The van der Waals surface area contributed by atoms with Crippen molar-refractivity contribution in [3.63, 3.8) is 0 Å². The van der Waals surface area contributed by atoms with Crippen molar-refractivity contribution < 1.29 is 18.4 Å². The van der Waals surface area contributed by atoms with Gasteiger partial charge in [-0.1, -0.05) is 11.6 Å². The van der Waals surface area contributed by atoms with Gasteiger partial charge >= 0.3 is 7.60 Å². The standard InChI is InChI=1S/C14H20ClN2O4P/c1-5-20-22(19,21-6-2)12(10-17(3)4)13(18)11-8-7-9-16-14(11)15/h7-10H,5-6H2,1-4H3/b12-10-. The average molecular weight is 347 g/mol. The number of pyridine rings is 1. The smallest absolute Gasteiger partial charge is 0.366 e. The maximum Gasteiger partial charge on any atom is 0.366 e. The van der Waals surface area contributed by atoms with E-state index >= 15 is 0 Å². The lowest BCUT2D eigenvalue weighted by molar-refractivity contribution is 0.103. The molecule has 0 aliphatic heterocycles. The van der Waals surface area contributed by atoms with Gasteiger partial charge in [0.1, 0.15) is 10.5 Å². The van der Waals surface area contributed by atoms with Gasteiger partial charge in [0.05, 0.1) is 18.8 Å². The number of hydrogen-bond acceptors (Lipinski definition) is 6. The van der Waals surface area contributed by atoms with Crippen LogP contribution in [0.3, 0.4) is 0 Å². The Morgan fingerprint density at radius 3 is 2.41 bits per heavy atom. The number of rotatable bonds is 8. The summed E-state index contributed by atoms with van der Waals surface area (Å²) >= 11 is 5.96. The van der Waals surface area contributed by atoms with E-state index in [1.807, 2.05) is 0 Å². The zero-order valence-electron chi connectivity index (χ0n) is 13.1. The van der Waals surface area contributed by atoms with Gasteiger partial charge in [0.25, 0.3) is 0 Å². The Balaban J connectivity index is 3.38. The van der Waals surface area contributed by atoms with Crippen molar-refractivity contribution in [3.8, 4) is 0 Å². The van der Waals surface area contributed by atoms with E-state index < -0.39 is 13.4 Å². The molecule has 0 bridgehead atoms. The third-order valence-corrected chi connectivity index (χ3v) is 4.92. The molecule has 0 N–H and O–H groups in total. The number of hydrogen-bond donors (Lipinski definition) is 0. The second-order valence-electron chi connectivity index (χ2n) is 4.48. The molecule has 0 unspecified atom stereocenters. The van der Waals surface area contributed by atoms with Gasteiger partial charge in [-0.3, -0.25) is 9.36 Å². The van der Waals surface area contributed by atoms with Crippen LogP contribution in [0.15, 0.2) is 29.8 Å². The first kappa shape index (κ1) is 18.8. The van der Waals surface area contributed by atoms with Gasteiger partial charge in [0.2, 0.25) is 5.78 Å². The van der Waals surface area contributed by atoms with E-state index in [2.05, 4.69) is 4.98 Å². The summed E-state index contributed by atoms with van der Waals surface area (Å²) in [6.07, 6.45) is 2.90. The highest BCUT2D eigenvalue weighted by atomic mass is 35.5. The maximum atomic E-state index is 13.0. The summed E-state index contributed by atoms with van der Waals surface area (Å²) in [5.41, 5.74) is 0.150. The molecule has 0 saturated heterocycles. The first-order chi connectivity index (χ1) is 10.4. The van der Waals surface area contributed by atoms with Crippen molar-refractivity contribution in [3.05, 3.63) is 40.6 Å². The van der Waals surface area contributed by atoms with Gasteiger partial charge < -0.3 is 13.9 Å². The second-order valence-corrected chi connectivity index (χ2v) is 6.83. The molecule has 1 rings (SSSR count). The van der Waals surface area contributed by atoms with E-state index in [-0.39, 0.29) is 29.2 Å². The van der Waals surface area contributed by atoms with Crippen LogP contribution in [-0.4, -0.2) is 43.0 Å². The van der Waals surface area contributed by atoms with Crippen LogP contribution in [-0.2, 0) is 13.6 Å².